The average molecular weight is 631 g/mol. The fraction of sp³-hybridized carbons (Fsp3) is 0.500. The number of hydrogen-bond acceptors (Lipinski definition) is 9. The smallest absolute Gasteiger partial charge is 0.255 e. The summed E-state index contributed by atoms with van der Waals surface area (Å²) < 4.78 is 0. The van der Waals surface area contributed by atoms with Crippen molar-refractivity contribution in [2.45, 2.75) is 69.6 Å². The highest BCUT2D eigenvalue weighted by Gasteiger charge is 2.39. The summed E-state index contributed by atoms with van der Waals surface area (Å²) in [5.41, 5.74) is 8.67. The lowest BCUT2D eigenvalue weighted by atomic mass is 9.91. The van der Waals surface area contributed by atoms with Crippen molar-refractivity contribution in [1.82, 2.24) is 31.1 Å². The van der Waals surface area contributed by atoms with Crippen molar-refractivity contribution < 1.29 is 19.2 Å². The Labute approximate surface area is 271 Å². The Morgan fingerprint density at radius 3 is 2.70 bits per heavy atom. The molecule has 6 N–H and O–H groups in total. The van der Waals surface area contributed by atoms with E-state index in [1.165, 1.54) is 0 Å². The minimum atomic E-state index is -0.600. The first-order valence-corrected chi connectivity index (χ1v) is 16.1. The number of nitrogens with one attached hydrogen (secondary N) is 4. The third-order valence-corrected chi connectivity index (χ3v) is 8.46. The first-order valence-electron chi connectivity index (χ1n) is 16.1. The number of carbonyl (C=O) groups is 4. The van der Waals surface area contributed by atoms with E-state index >= 15 is 0 Å². The van der Waals surface area contributed by atoms with Gasteiger partial charge in [0.2, 0.25) is 18.2 Å². The molecule has 0 aromatic heterocycles. The van der Waals surface area contributed by atoms with E-state index in [1.807, 2.05) is 30.5 Å². The van der Waals surface area contributed by atoms with E-state index in [0.717, 1.165) is 82.4 Å². The highest BCUT2D eigenvalue weighted by Crippen LogP contribution is 2.28. The van der Waals surface area contributed by atoms with Gasteiger partial charge < -0.3 is 31.5 Å². The van der Waals surface area contributed by atoms with Gasteiger partial charge in [0.1, 0.15) is 6.04 Å². The first kappa shape index (κ1) is 34.4. The Hall–Kier alpha value is -4.47. The number of carbonyl (C=O) groups excluding carboxylic acids is 4. The van der Waals surface area contributed by atoms with Gasteiger partial charge in [-0.05, 0) is 81.3 Å². The van der Waals surface area contributed by atoms with Gasteiger partial charge in [0.25, 0.3) is 5.91 Å². The molecule has 0 radical (unpaired) electrons. The third-order valence-electron chi connectivity index (χ3n) is 8.46. The molecule has 5 rings (SSSR count). The van der Waals surface area contributed by atoms with Crippen molar-refractivity contribution in [3.8, 4) is 11.8 Å². The summed E-state index contributed by atoms with van der Waals surface area (Å²) in [6.07, 6.45) is 13.6. The van der Waals surface area contributed by atoms with Gasteiger partial charge >= 0.3 is 0 Å². The fourth-order valence-corrected chi connectivity index (χ4v) is 5.84. The Morgan fingerprint density at radius 1 is 1.11 bits per heavy atom. The number of aliphatic imine (C=N–C) groups is 1. The van der Waals surface area contributed by atoms with Crippen molar-refractivity contribution in [1.29, 1.82) is 0 Å². The number of likely N-dealkylation sites (N-methyl/N-ethyl adjacent to an activating group) is 1. The summed E-state index contributed by atoms with van der Waals surface area (Å²) in [6, 6.07) is 5.72. The maximum Gasteiger partial charge on any atom is 0.255 e. The molecule has 0 bridgehead atoms. The predicted octanol–water partition coefficient (Wildman–Crippen LogP) is 0.785. The molecule has 3 aliphatic heterocycles. The standard InChI is InChI=1S/C24H28N4O4.C10H18N4/c29-15-26-19-7-5-18(6-8-19)25-12-2-1-3-16-4-9-20-17(13-16)14-28(24(20)32)21-10-11-22(30)27-23(21)31;1-14-7-5-12-4-2-3-10(11)9-13-6-8-14/h4,9,13,15,18-19,21,25H,2,5-8,10-12,14H2,(H,26,29)(H,27,30,31);2-4,9,12H,5-8,11H2,1H3/b;4-2+,10-3+,13-9?. The molecule has 2 fully saturated rings. The molecule has 3 heterocycles. The second kappa shape index (κ2) is 17.9. The summed E-state index contributed by atoms with van der Waals surface area (Å²) in [5, 5.41) is 11.9. The highest BCUT2D eigenvalue weighted by atomic mass is 16.2. The molecule has 4 amide bonds. The van der Waals surface area contributed by atoms with Crippen LogP contribution in [0, 0.1) is 11.8 Å². The van der Waals surface area contributed by atoms with Crippen LogP contribution in [0.3, 0.4) is 0 Å². The number of rotatable bonds is 6. The molecule has 246 valence electrons. The Balaban J connectivity index is 0.000000288. The van der Waals surface area contributed by atoms with Gasteiger partial charge in [0.05, 0.1) is 6.54 Å². The van der Waals surface area contributed by atoms with Gasteiger partial charge in [-0.3, -0.25) is 29.5 Å². The van der Waals surface area contributed by atoms with Crippen LogP contribution in [0.1, 0.15) is 66.4 Å². The van der Waals surface area contributed by atoms with Crippen LogP contribution in [-0.4, -0.2) is 98.0 Å². The maximum absolute atomic E-state index is 12.7. The van der Waals surface area contributed by atoms with Crippen molar-refractivity contribution in [3.05, 3.63) is 58.9 Å². The van der Waals surface area contributed by atoms with E-state index < -0.39 is 11.9 Å². The number of fused-ring (bicyclic) bond motifs is 1. The highest BCUT2D eigenvalue weighted by molar-refractivity contribution is 6.05. The number of nitrogens with two attached hydrogens (primary N) is 1. The molecule has 46 heavy (non-hydrogen) atoms. The molecule has 12 nitrogen and oxygen atoms in total. The zero-order chi connectivity index (χ0) is 32.7. The normalized spacial score (nSPS) is 25.4. The average Bonchev–Trinajstić information content (AvgIpc) is 3.36. The lowest BCUT2D eigenvalue weighted by molar-refractivity contribution is -0.136. The molecular formula is C34H46N8O4. The number of amides is 4. The second-order valence-electron chi connectivity index (χ2n) is 11.9. The monoisotopic (exact) mass is 630 g/mol. The Morgan fingerprint density at radius 2 is 1.91 bits per heavy atom. The molecule has 1 atom stereocenters. The van der Waals surface area contributed by atoms with Crippen molar-refractivity contribution in [3.63, 3.8) is 0 Å². The van der Waals surface area contributed by atoms with Crippen molar-refractivity contribution in [2.75, 3.05) is 39.8 Å². The van der Waals surface area contributed by atoms with Gasteiger partial charge in [-0.2, -0.15) is 0 Å². The van der Waals surface area contributed by atoms with E-state index in [9.17, 15) is 19.2 Å². The van der Waals surface area contributed by atoms with E-state index in [-0.39, 0.29) is 18.2 Å². The molecule has 1 aliphatic carbocycles. The van der Waals surface area contributed by atoms with Gasteiger partial charge in [0, 0.05) is 80.7 Å². The lowest BCUT2D eigenvalue weighted by Gasteiger charge is -2.29. The van der Waals surface area contributed by atoms with Crippen LogP contribution < -0.4 is 27.0 Å². The minimum absolute atomic E-state index is 0.170. The van der Waals surface area contributed by atoms with E-state index in [2.05, 4.69) is 50.0 Å². The largest absolute Gasteiger partial charge is 0.397 e. The number of piperidine rings is 1. The lowest BCUT2D eigenvalue weighted by Crippen LogP contribution is -2.52. The summed E-state index contributed by atoms with van der Waals surface area (Å²) in [6.45, 7) is 4.92. The molecule has 1 saturated heterocycles. The molecule has 1 unspecified atom stereocenters. The third kappa shape index (κ3) is 10.6. The van der Waals surface area contributed by atoms with Crippen LogP contribution in [0.15, 0.2) is 47.2 Å². The number of benzene rings is 1. The maximum atomic E-state index is 12.7. The molecular weight excluding hydrogens is 584 g/mol. The molecule has 12 heteroatoms. The molecule has 1 aromatic carbocycles. The number of nitrogens with zero attached hydrogens (tertiary/aromatic N) is 3. The Bertz CT molecular complexity index is 1390. The summed E-state index contributed by atoms with van der Waals surface area (Å²) >= 11 is 0. The topological polar surface area (TPSA) is 161 Å². The molecule has 0 spiro atoms. The molecule has 4 aliphatic rings. The zero-order valence-electron chi connectivity index (χ0n) is 26.6. The first-order chi connectivity index (χ1) is 22.3. The van der Waals surface area contributed by atoms with Crippen LogP contribution in [0.5, 0.6) is 0 Å². The van der Waals surface area contributed by atoms with Gasteiger partial charge in [-0.25, -0.2) is 0 Å². The minimum Gasteiger partial charge on any atom is -0.397 e. The summed E-state index contributed by atoms with van der Waals surface area (Å²) in [7, 11) is 2.09. The van der Waals surface area contributed by atoms with Crippen LogP contribution >= 0.6 is 0 Å². The second-order valence-corrected chi connectivity index (χ2v) is 11.9. The van der Waals surface area contributed by atoms with E-state index in [1.54, 1.807) is 17.2 Å². The number of imide groups is 1. The van der Waals surface area contributed by atoms with Gasteiger partial charge in [0.15, 0.2) is 0 Å². The summed E-state index contributed by atoms with van der Waals surface area (Å²) in [5.74, 6) is 5.50. The van der Waals surface area contributed by atoms with Crippen LogP contribution in [0.2, 0.25) is 0 Å². The van der Waals surface area contributed by atoms with Crippen LogP contribution in [0.4, 0.5) is 0 Å². The van der Waals surface area contributed by atoms with Crippen molar-refractivity contribution in [2.24, 2.45) is 10.7 Å². The van der Waals surface area contributed by atoms with Crippen LogP contribution in [0.25, 0.3) is 0 Å². The van der Waals surface area contributed by atoms with Gasteiger partial charge in [-0.15, -0.1) is 0 Å². The quantitative estimate of drug-likeness (QED) is 0.133. The van der Waals surface area contributed by atoms with E-state index in [4.69, 9.17) is 5.73 Å². The Kier molecular flexibility index (Phi) is 13.4. The molecule has 1 saturated carbocycles. The van der Waals surface area contributed by atoms with Gasteiger partial charge in [-0.1, -0.05) is 11.8 Å². The predicted molar refractivity (Wildman–Crippen MR) is 177 cm³/mol. The summed E-state index contributed by atoms with van der Waals surface area (Å²) in [4.78, 5) is 54.8. The zero-order valence-corrected chi connectivity index (χ0v) is 26.6. The number of hydrogen-bond donors (Lipinski definition) is 5. The van der Waals surface area contributed by atoms with Crippen molar-refractivity contribution >= 4 is 30.3 Å². The SMILES string of the molecule is CN1CCN=C/C(N)=C\C=C\NCC1.O=CNC1CCC(NCCC#Cc2ccc3c(c2)CN(C2CCC(=O)NC2=O)C3=O)CC1. The molecule has 1 aromatic rings. The van der Waals surface area contributed by atoms with E-state index in [0.29, 0.717) is 36.3 Å². The number of allylic oxidation sites excluding steroid dienone is 3. The fourth-order valence-electron chi connectivity index (χ4n) is 5.84. The van der Waals surface area contributed by atoms with Crippen LogP contribution in [-0.2, 0) is 20.9 Å².